The van der Waals surface area contributed by atoms with E-state index in [0.29, 0.717) is 0 Å². The standard InChI is InChI=1S/C20H21N3S4/c24-20(26-15-25-19-21-17-8-4-5-9-18(17)27-19)23-12-10-22(11-13-23)14-16-6-2-1-3-7-16/h1-9H,10-15H2/p+1. The fourth-order valence-electron chi connectivity index (χ4n) is 3.20. The largest absolute Gasteiger partial charge is 0.346 e. The van der Waals surface area contributed by atoms with Gasteiger partial charge in [0.05, 0.1) is 41.5 Å². The number of benzene rings is 2. The van der Waals surface area contributed by atoms with Crippen LogP contribution in [0.3, 0.4) is 0 Å². The molecule has 3 nitrogen and oxygen atoms in total. The Kier molecular flexibility index (Phi) is 6.68. The third-order valence-corrected chi connectivity index (χ3v) is 8.50. The van der Waals surface area contributed by atoms with E-state index in [2.05, 4.69) is 58.4 Å². The van der Waals surface area contributed by atoms with Crippen LogP contribution in [0.15, 0.2) is 58.9 Å². The highest BCUT2D eigenvalue weighted by Crippen LogP contribution is 2.31. The number of thiocarbonyl (C=S) groups is 1. The summed E-state index contributed by atoms with van der Waals surface area (Å²) in [4.78, 5) is 8.70. The number of hydrogen-bond donors (Lipinski definition) is 1. The van der Waals surface area contributed by atoms with Crippen molar-refractivity contribution in [1.29, 1.82) is 0 Å². The number of thioether (sulfide) groups is 2. The molecule has 0 radical (unpaired) electrons. The molecule has 0 amide bonds. The van der Waals surface area contributed by atoms with E-state index in [1.54, 1.807) is 39.8 Å². The fraction of sp³-hybridized carbons (Fsp3) is 0.300. The van der Waals surface area contributed by atoms with Gasteiger partial charge in [-0.2, -0.15) is 0 Å². The molecule has 27 heavy (non-hydrogen) atoms. The van der Waals surface area contributed by atoms with E-state index in [-0.39, 0.29) is 0 Å². The van der Waals surface area contributed by atoms with Crippen LogP contribution in [0.1, 0.15) is 5.56 Å². The lowest BCUT2D eigenvalue weighted by molar-refractivity contribution is -0.917. The summed E-state index contributed by atoms with van der Waals surface area (Å²) in [6.45, 7) is 5.53. The second kappa shape index (κ2) is 9.39. The minimum Gasteiger partial charge on any atom is -0.346 e. The van der Waals surface area contributed by atoms with E-state index in [9.17, 15) is 0 Å². The Hall–Kier alpha value is -1.12. The average Bonchev–Trinajstić information content (AvgIpc) is 3.12. The van der Waals surface area contributed by atoms with Gasteiger partial charge in [-0.3, -0.25) is 0 Å². The summed E-state index contributed by atoms with van der Waals surface area (Å²) in [7, 11) is 0. The van der Waals surface area contributed by atoms with Crippen LogP contribution in [0, 0.1) is 0 Å². The predicted molar refractivity (Wildman–Crippen MR) is 123 cm³/mol. The molecule has 2 heterocycles. The van der Waals surface area contributed by atoms with Gasteiger partial charge in [0, 0.05) is 5.56 Å². The van der Waals surface area contributed by atoms with Crippen molar-refractivity contribution in [2.75, 3.05) is 31.3 Å². The van der Waals surface area contributed by atoms with E-state index in [1.807, 2.05) is 6.07 Å². The number of fused-ring (bicyclic) bond motifs is 1. The number of rotatable bonds is 5. The van der Waals surface area contributed by atoms with Crippen LogP contribution in [0.25, 0.3) is 10.2 Å². The first-order chi connectivity index (χ1) is 13.3. The summed E-state index contributed by atoms with van der Waals surface area (Å²) in [6, 6.07) is 19.1. The Morgan fingerprint density at radius 2 is 1.81 bits per heavy atom. The Morgan fingerprint density at radius 3 is 2.59 bits per heavy atom. The molecule has 0 atom stereocenters. The third-order valence-electron chi connectivity index (χ3n) is 4.66. The molecule has 1 fully saturated rings. The molecule has 7 heteroatoms. The van der Waals surface area contributed by atoms with Crippen molar-refractivity contribution in [1.82, 2.24) is 9.88 Å². The van der Waals surface area contributed by atoms with E-state index in [0.717, 1.165) is 52.0 Å². The average molecular weight is 433 g/mol. The van der Waals surface area contributed by atoms with Crippen LogP contribution < -0.4 is 4.90 Å². The van der Waals surface area contributed by atoms with E-state index in [1.165, 1.54) is 10.3 Å². The summed E-state index contributed by atoms with van der Waals surface area (Å²) >= 11 is 11.0. The zero-order valence-corrected chi connectivity index (χ0v) is 18.2. The van der Waals surface area contributed by atoms with Gasteiger partial charge in [-0.25, -0.2) is 4.98 Å². The van der Waals surface area contributed by atoms with Crippen molar-refractivity contribution in [2.45, 2.75) is 10.9 Å². The molecular weight excluding hydrogens is 411 g/mol. The van der Waals surface area contributed by atoms with Crippen molar-refractivity contribution in [3.8, 4) is 0 Å². The summed E-state index contributed by atoms with van der Waals surface area (Å²) in [5.41, 5.74) is 2.51. The molecule has 0 unspecified atom stereocenters. The lowest BCUT2D eigenvalue weighted by Crippen LogP contribution is -3.13. The molecule has 1 aliphatic rings. The molecule has 4 rings (SSSR count). The number of quaternary nitrogens is 1. The topological polar surface area (TPSA) is 20.6 Å². The normalized spacial score (nSPS) is 15.3. The summed E-state index contributed by atoms with van der Waals surface area (Å²) in [5, 5.41) is 0.926. The van der Waals surface area contributed by atoms with Crippen molar-refractivity contribution in [3.63, 3.8) is 0 Å². The van der Waals surface area contributed by atoms with E-state index >= 15 is 0 Å². The van der Waals surface area contributed by atoms with Gasteiger partial charge in [0.15, 0.2) is 4.34 Å². The van der Waals surface area contributed by atoms with Gasteiger partial charge >= 0.3 is 0 Å². The molecule has 0 aliphatic carbocycles. The summed E-state index contributed by atoms with van der Waals surface area (Å²) in [6.07, 6.45) is 0. The summed E-state index contributed by atoms with van der Waals surface area (Å²) in [5.74, 6) is 0. The molecule has 1 N–H and O–H groups in total. The number of aromatic nitrogens is 1. The number of nitrogens with zero attached hydrogens (tertiary/aromatic N) is 2. The fourth-order valence-corrected chi connectivity index (χ4v) is 7.02. The first-order valence-corrected chi connectivity index (χ1v) is 12.2. The van der Waals surface area contributed by atoms with Crippen LogP contribution in [0.2, 0.25) is 0 Å². The molecule has 1 aliphatic heterocycles. The highest BCUT2D eigenvalue weighted by Gasteiger charge is 2.22. The molecule has 140 valence electrons. The van der Waals surface area contributed by atoms with Crippen molar-refractivity contribution in [3.05, 3.63) is 60.2 Å². The second-order valence-electron chi connectivity index (χ2n) is 6.52. The quantitative estimate of drug-likeness (QED) is 0.375. The van der Waals surface area contributed by atoms with Crippen molar-refractivity contribution in [2.24, 2.45) is 0 Å². The van der Waals surface area contributed by atoms with Crippen molar-refractivity contribution < 1.29 is 4.90 Å². The van der Waals surface area contributed by atoms with Crippen LogP contribution in [-0.2, 0) is 6.54 Å². The van der Waals surface area contributed by atoms with Gasteiger partial charge in [-0.1, -0.05) is 78.2 Å². The van der Waals surface area contributed by atoms with Gasteiger partial charge in [0.1, 0.15) is 10.9 Å². The molecule has 1 saturated heterocycles. The molecule has 0 saturated carbocycles. The second-order valence-corrected chi connectivity index (χ2v) is 10.7. The lowest BCUT2D eigenvalue weighted by Gasteiger charge is -2.33. The first kappa shape index (κ1) is 19.2. The maximum atomic E-state index is 5.67. The SMILES string of the molecule is S=C(SCSc1nc2ccccc2s1)N1CC[NH+](Cc2ccccc2)CC1. The highest BCUT2D eigenvalue weighted by molar-refractivity contribution is 8.29. The van der Waals surface area contributed by atoms with Crippen LogP contribution in [-0.4, -0.2) is 45.5 Å². The third kappa shape index (κ3) is 5.23. The maximum Gasteiger partial charge on any atom is 0.151 e. The van der Waals surface area contributed by atoms with Gasteiger partial charge in [0.25, 0.3) is 0 Å². The van der Waals surface area contributed by atoms with Gasteiger partial charge in [-0.05, 0) is 12.1 Å². The zero-order valence-electron chi connectivity index (χ0n) is 15.0. The van der Waals surface area contributed by atoms with Gasteiger partial charge in [-0.15, -0.1) is 11.3 Å². The molecule has 0 bridgehead atoms. The lowest BCUT2D eigenvalue weighted by atomic mass is 10.2. The Bertz CT molecular complexity index is 855. The minimum absolute atomic E-state index is 0.926. The molecule has 0 spiro atoms. The predicted octanol–water partition coefficient (Wildman–Crippen LogP) is 3.76. The molecular formula is C20H22N3S4+. The minimum atomic E-state index is 0.926. The number of para-hydroxylation sites is 1. The Morgan fingerprint density at radius 1 is 1.07 bits per heavy atom. The van der Waals surface area contributed by atoms with Gasteiger partial charge in [0.2, 0.25) is 0 Å². The first-order valence-electron chi connectivity index (χ1n) is 9.05. The maximum absolute atomic E-state index is 5.67. The van der Waals surface area contributed by atoms with Gasteiger partial charge < -0.3 is 9.80 Å². The number of nitrogens with one attached hydrogen (secondary N) is 1. The van der Waals surface area contributed by atoms with E-state index < -0.39 is 0 Å². The smallest absolute Gasteiger partial charge is 0.151 e. The zero-order chi connectivity index (χ0) is 18.5. The van der Waals surface area contributed by atoms with Crippen LogP contribution in [0.4, 0.5) is 0 Å². The number of thiazole rings is 1. The monoisotopic (exact) mass is 432 g/mol. The summed E-state index contributed by atoms with van der Waals surface area (Å²) < 4.78 is 3.41. The molecule has 1 aromatic heterocycles. The van der Waals surface area contributed by atoms with Crippen molar-refractivity contribution >= 4 is 61.6 Å². The van der Waals surface area contributed by atoms with Crippen LogP contribution in [0.5, 0.6) is 0 Å². The van der Waals surface area contributed by atoms with Crippen LogP contribution >= 0.6 is 47.1 Å². The Balaban J connectivity index is 1.20. The highest BCUT2D eigenvalue weighted by atomic mass is 32.2. The Labute approximate surface area is 178 Å². The van der Waals surface area contributed by atoms with E-state index in [4.69, 9.17) is 12.2 Å². The molecule has 2 aromatic carbocycles. The number of hydrogen-bond acceptors (Lipinski definition) is 5. The number of piperazine rings is 1. The molecule has 3 aromatic rings.